The summed E-state index contributed by atoms with van der Waals surface area (Å²) in [5.41, 5.74) is 2.03. The molecule has 2 aliphatic rings. The topological polar surface area (TPSA) is 59.0 Å². The van der Waals surface area contributed by atoms with Crippen molar-refractivity contribution >= 4 is 5.91 Å². The Hall–Kier alpha value is -1.85. The molecule has 2 fully saturated rings. The van der Waals surface area contributed by atoms with E-state index in [0.29, 0.717) is 38.6 Å². The number of nitrogens with zero attached hydrogens (tertiary/aromatic N) is 1. The van der Waals surface area contributed by atoms with Crippen molar-refractivity contribution in [2.75, 3.05) is 40.0 Å². The number of allylic oxidation sites excluding steroid dienone is 1. The van der Waals surface area contributed by atoms with Crippen LogP contribution >= 0.6 is 0 Å². The van der Waals surface area contributed by atoms with Crippen LogP contribution in [0, 0.1) is 11.3 Å². The Kier molecular flexibility index (Phi) is 6.78. The second kappa shape index (κ2) is 9.10. The summed E-state index contributed by atoms with van der Waals surface area (Å²) < 4.78 is 10.7. The summed E-state index contributed by atoms with van der Waals surface area (Å²) >= 11 is 0. The predicted octanol–water partition coefficient (Wildman–Crippen LogP) is 3.38. The van der Waals surface area contributed by atoms with Crippen LogP contribution in [0.5, 0.6) is 5.75 Å². The maximum Gasteiger partial charge on any atom is 0.223 e. The van der Waals surface area contributed by atoms with Gasteiger partial charge in [-0.15, -0.1) is 0 Å². The number of ether oxygens (including phenoxy) is 2. The third-order valence-electron chi connectivity index (χ3n) is 6.53. The molecule has 1 amide bonds. The number of aliphatic hydroxyl groups is 1. The lowest BCUT2D eigenvalue weighted by Crippen LogP contribution is -2.45. The summed E-state index contributed by atoms with van der Waals surface area (Å²) in [4.78, 5) is 14.8. The minimum atomic E-state index is -0.369. The summed E-state index contributed by atoms with van der Waals surface area (Å²) in [6, 6.07) is 8.19. The van der Waals surface area contributed by atoms with Gasteiger partial charge in [0.2, 0.25) is 5.91 Å². The highest BCUT2D eigenvalue weighted by Gasteiger charge is 2.43. The molecule has 0 radical (unpaired) electrons. The standard InChI is InChI=1S/C23H33NO4/c1-17(2)20-8-9-23(16-25,15-22(26)24-10-12-28-13-11-24)14-21(20)18-4-6-19(27-3)7-5-18/h4-7,20-21,25H,1,8-16H2,2-3H3/t20-,21-,23-/m0/s1. The van der Waals surface area contributed by atoms with Gasteiger partial charge in [0.1, 0.15) is 5.75 Å². The minimum absolute atomic E-state index is 0.0403. The van der Waals surface area contributed by atoms with Gasteiger partial charge in [-0.2, -0.15) is 0 Å². The van der Waals surface area contributed by atoms with Crippen LogP contribution in [0.4, 0.5) is 0 Å². The first kappa shape index (κ1) is 20.9. The van der Waals surface area contributed by atoms with Crippen LogP contribution in [0.15, 0.2) is 36.4 Å². The maximum absolute atomic E-state index is 12.9. The van der Waals surface area contributed by atoms with Crippen LogP contribution < -0.4 is 4.74 Å². The van der Waals surface area contributed by atoms with Crippen LogP contribution in [0.2, 0.25) is 0 Å². The highest BCUT2D eigenvalue weighted by molar-refractivity contribution is 5.77. The zero-order chi connectivity index (χ0) is 20.1. The van der Waals surface area contributed by atoms with Crippen LogP contribution in [0.3, 0.4) is 0 Å². The van der Waals surface area contributed by atoms with Gasteiger partial charge in [-0.1, -0.05) is 24.3 Å². The molecule has 1 aromatic carbocycles. The van der Waals surface area contributed by atoms with Crippen molar-refractivity contribution in [3.63, 3.8) is 0 Å². The molecule has 1 saturated heterocycles. The lowest BCUT2D eigenvalue weighted by molar-refractivity contribution is -0.139. The number of methoxy groups -OCH3 is 1. The fourth-order valence-corrected chi connectivity index (χ4v) is 4.77. The van der Waals surface area contributed by atoms with E-state index >= 15 is 0 Å². The van der Waals surface area contributed by atoms with Crippen LogP contribution in [0.1, 0.15) is 44.1 Å². The number of morpholine rings is 1. The predicted molar refractivity (Wildman–Crippen MR) is 109 cm³/mol. The number of carbonyl (C=O) groups is 1. The van der Waals surface area contributed by atoms with E-state index in [1.54, 1.807) is 7.11 Å². The molecule has 3 rings (SSSR count). The second-order valence-corrected chi connectivity index (χ2v) is 8.40. The number of hydrogen-bond acceptors (Lipinski definition) is 4. The molecular weight excluding hydrogens is 354 g/mol. The molecule has 5 nitrogen and oxygen atoms in total. The quantitative estimate of drug-likeness (QED) is 0.760. The van der Waals surface area contributed by atoms with Crippen molar-refractivity contribution in [3.8, 4) is 5.75 Å². The van der Waals surface area contributed by atoms with Crippen molar-refractivity contribution < 1.29 is 19.4 Å². The lowest BCUT2D eigenvalue weighted by Gasteiger charge is -2.45. The molecule has 0 unspecified atom stereocenters. The Morgan fingerprint density at radius 2 is 2.00 bits per heavy atom. The van der Waals surface area contributed by atoms with E-state index in [0.717, 1.165) is 25.0 Å². The smallest absolute Gasteiger partial charge is 0.223 e. The molecule has 1 N–H and O–H groups in total. The van der Waals surface area contributed by atoms with Crippen molar-refractivity contribution in [1.29, 1.82) is 0 Å². The third kappa shape index (κ3) is 4.58. The van der Waals surface area contributed by atoms with E-state index in [1.165, 1.54) is 11.1 Å². The summed E-state index contributed by atoms with van der Waals surface area (Å²) in [6.45, 7) is 8.85. The van der Waals surface area contributed by atoms with Crippen molar-refractivity contribution in [2.24, 2.45) is 11.3 Å². The number of hydrogen-bond donors (Lipinski definition) is 1. The van der Waals surface area contributed by atoms with Crippen molar-refractivity contribution in [1.82, 2.24) is 4.90 Å². The van der Waals surface area contributed by atoms with Gasteiger partial charge in [0.25, 0.3) is 0 Å². The van der Waals surface area contributed by atoms with Crippen LogP contribution in [0.25, 0.3) is 0 Å². The van der Waals surface area contributed by atoms with Gasteiger partial charge >= 0.3 is 0 Å². The second-order valence-electron chi connectivity index (χ2n) is 8.40. The van der Waals surface area contributed by atoms with E-state index < -0.39 is 0 Å². The number of aliphatic hydroxyl groups excluding tert-OH is 1. The van der Waals surface area contributed by atoms with Gasteiger partial charge in [0, 0.05) is 31.5 Å². The average molecular weight is 388 g/mol. The Bertz CT molecular complexity index is 680. The van der Waals surface area contributed by atoms with Gasteiger partial charge in [-0.25, -0.2) is 0 Å². The zero-order valence-electron chi connectivity index (χ0n) is 17.2. The Balaban J connectivity index is 1.80. The van der Waals surface area contributed by atoms with E-state index in [-0.39, 0.29) is 23.8 Å². The fraction of sp³-hybridized carbons (Fsp3) is 0.609. The lowest BCUT2D eigenvalue weighted by atomic mass is 9.61. The molecule has 3 atom stereocenters. The van der Waals surface area contributed by atoms with E-state index in [4.69, 9.17) is 9.47 Å². The first-order valence-electron chi connectivity index (χ1n) is 10.2. The molecule has 1 aliphatic carbocycles. The largest absolute Gasteiger partial charge is 0.497 e. The Labute approximate surface area is 168 Å². The molecule has 1 heterocycles. The summed E-state index contributed by atoms with van der Waals surface area (Å²) in [6.07, 6.45) is 3.00. The summed E-state index contributed by atoms with van der Waals surface area (Å²) in [5, 5.41) is 10.3. The fourth-order valence-electron chi connectivity index (χ4n) is 4.77. The highest BCUT2D eigenvalue weighted by atomic mass is 16.5. The third-order valence-corrected chi connectivity index (χ3v) is 6.53. The van der Waals surface area contributed by atoms with Crippen molar-refractivity contribution in [2.45, 2.75) is 38.5 Å². The Morgan fingerprint density at radius 1 is 1.32 bits per heavy atom. The zero-order valence-corrected chi connectivity index (χ0v) is 17.2. The monoisotopic (exact) mass is 387 g/mol. The molecule has 0 aromatic heterocycles. The number of rotatable bonds is 6. The van der Waals surface area contributed by atoms with Gasteiger partial charge < -0.3 is 19.5 Å². The highest BCUT2D eigenvalue weighted by Crippen LogP contribution is 2.51. The van der Waals surface area contributed by atoms with Gasteiger partial charge in [0.15, 0.2) is 0 Å². The first-order chi connectivity index (χ1) is 13.5. The molecule has 1 aliphatic heterocycles. The van der Waals surface area contributed by atoms with Crippen LogP contribution in [-0.4, -0.2) is 55.9 Å². The molecular formula is C23H33NO4. The molecule has 28 heavy (non-hydrogen) atoms. The molecule has 1 aromatic rings. The summed E-state index contributed by atoms with van der Waals surface area (Å²) in [5.74, 6) is 1.59. The number of carbonyl (C=O) groups excluding carboxylic acids is 1. The maximum atomic E-state index is 12.9. The first-order valence-corrected chi connectivity index (χ1v) is 10.2. The van der Waals surface area contributed by atoms with E-state index in [2.05, 4.69) is 25.6 Å². The van der Waals surface area contributed by atoms with Crippen LogP contribution in [-0.2, 0) is 9.53 Å². The van der Waals surface area contributed by atoms with Crippen molar-refractivity contribution in [3.05, 3.63) is 42.0 Å². The van der Waals surface area contributed by atoms with Gasteiger partial charge in [-0.3, -0.25) is 4.79 Å². The summed E-state index contributed by atoms with van der Waals surface area (Å²) in [7, 11) is 1.67. The molecule has 0 spiro atoms. The molecule has 5 heteroatoms. The normalized spacial score (nSPS) is 28.0. The average Bonchev–Trinajstić information content (AvgIpc) is 2.74. The van der Waals surface area contributed by atoms with E-state index in [9.17, 15) is 9.90 Å². The molecule has 154 valence electrons. The van der Waals surface area contributed by atoms with Gasteiger partial charge in [-0.05, 0) is 55.7 Å². The molecule has 1 saturated carbocycles. The number of benzene rings is 1. The van der Waals surface area contributed by atoms with E-state index in [1.807, 2.05) is 17.0 Å². The van der Waals surface area contributed by atoms with Gasteiger partial charge in [0.05, 0.1) is 20.3 Å². The minimum Gasteiger partial charge on any atom is -0.497 e. The number of amides is 1. The Morgan fingerprint density at radius 3 is 2.57 bits per heavy atom. The molecule has 0 bridgehead atoms. The SMILES string of the molecule is C=C(C)[C@@H]1CC[C@@](CO)(CC(=O)N2CCOCC2)C[C@H]1c1ccc(OC)cc1.